The first-order valence-corrected chi connectivity index (χ1v) is 10.5. The summed E-state index contributed by atoms with van der Waals surface area (Å²) in [5.41, 5.74) is 0.867. The summed E-state index contributed by atoms with van der Waals surface area (Å²) in [6, 6.07) is 1.73. The van der Waals surface area contributed by atoms with Gasteiger partial charge in [0.1, 0.15) is 5.69 Å². The Morgan fingerprint density at radius 1 is 1.22 bits per heavy atom. The summed E-state index contributed by atoms with van der Waals surface area (Å²) in [6.45, 7) is 4.24. The van der Waals surface area contributed by atoms with E-state index in [4.69, 9.17) is 4.74 Å². The number of aryl methyl sites for hydroxylation is 1. The number of carbonyl (C=O) groups is 2. The van der Waals surface area contributed by atoms with E-state index >= 15 is 0 Å². The van der Waals surface area contributed by atoms with Crippen molar-refractivity contribution in [1.29, 1.82) is 0 Å². The largest absolute Gasteiger partial charge is 0.461 e. The molecule has 4 bridgehead atoms. The highest BCUT2D eigenvalue weighted by molar-refractivity contribution is 5.96. The normalized spacial score (nSPS) is 32.3. The number of hydrogen-bond donors (Lipinski definition) is 1. The van der Waals surface area contributed by atoms with E-state index in [0.717, 1.165) is 24.2 Å². The fourth-order valence-corrected chi connectivity index (χ4v) is 6.50. The van der Waals surface area contributed by atoms with E-state index in [-0.39, 0.29) is 17.4 Å². The molecule has 0 aliphatic heterocycles. The lowest BCUT2D eigenvalue weighted by Crippen LogP contribution is -2.56. The third kappa shape index (κ3) is 3.27. The van der Waals surface area contributed by atoms with E-state index in [1.807, 2.05) is 0 Å². The summed E-state index contributed by atoms with van der Waals surface area (Å²) in [6.07, 6.45) is 8.90. The molecule has 1 atom stereocenters. The number of nitrogens with one attached hydrogen (secondary N) is 1. The zero-order valence-corrected chi connectivity index (χ0v) is 16.7. The minimum absolute atomic E-state index is 0.177. The molecule has 0 radical (unpaired) electrons. The molecular weight excluding hydrogens is 342 g/mol. The molecule has 0 spiro atoms. The van der Waals surface area contributed by atoms with Crippen molar-refractivity contribution in [2.24, 2.45) is 30.2 Å². The Morgan fingerprint density at radius 2 is 1.81 bits per heavy atom. The van der Waals surface area contributed by atoms with Crippen LogP contribution in [0.25, 0.3) is 0 Å². The second-order valence-electron chi connectivity index (χ2n) is 8.97. The number of hydrogen-bond acceptors (Lipinski definition) is 4. The van der Waals surface area contributed by atoms with Crippen molar-refractivity contribution in [2.45, 2.75) is 64.8 Å². The topological polar surface area (TPSA) is 73.2 Å². The molecule has 0 saturated heterocycles. The van der Waals surface area contributed by atoms with Crippen LogP contribution in [0, 0.1) is 23.2 Å². The molecule has 148 valence electrons. The van der Waals surface area contributed by atoms with Gasteiger partial charge in [0.15, 0.2) is 5.69 Å². The van der Waals surface area contributed by atoms with Gasteiger partial charge in [-0.15, -0.1) is 0 Å². The molecule has 6 nitrogen and oxygen atoms in total. The predicted molar refractivity (Wildman–Crippen MR) is 101 cm³/mol. The molecule has 1 heterocycles. The summed E-state index contributed by atoms with van der Waals surface area (Å²) in [7, 11) is 1.67. The molecule has 1 aromatic heterocycles. The van der Waals surface area contributed by atoms with Gasteiger partial charge in [0.2, 0.25) is 0 Å². The van der Waals surface area contributed by atoms with Gasteiger partial charge in [-0.2, -0.15) is 5.10 Å². The Kier molecular flexibility index (Phi) is 4.77. The number of aromatic nitrogens is 2. The maximum Gasteiger partial charge on any atom is 0.356 e. The van der Waals surface area contributed by atoms with E-state index in [2.05, 4.69) is 17.3 Å². The number of esters is 1. The molecule has 27 heavy (non-hydrogen) atoms. The second kappa shape index (κ2) is 6.95. The highest BCUT2D eigenvalue weighted by atomic mass is 16.5. The van der Waals surface area contributed by atoms with E-state index in [9.17, 15) is 9.59 Å². The Bertz CT molecular complexity index is 704. The fourth-order valence-electron chi connectivity index (χ4n) is 6.50. The molecular formula is C21H31N3O3. The first-order chi connectivity index (χ1) is 12.9. The summed E-state index contributed by atoms with van der Waals surface area (Å²) >= 11 is 0. The van der Waals surface area contributed by atoms with Crippen molar-refractivity contribution in [1.82, 2.24) is 15.1 Å². The quantitative estimate of drug-likeness (QED) is 0.777. The first-order valence-electron chi connectivity index (χ1n) is 10.5. The van der Waals surface area contributed by atoms with Crippen molar-refractivity contribution in [2.75, 3.05) is 6.61 Å². The summed E-state index contributed by atoms with van der Waals surface area (Å²) in [5, 5.41) is 7.54. The summed E-state index contributed by atoms with van der Waals surface area (Å²) in [5.74, 6) is 1.94. The molecule has 4 aliphatic rings. The smallest absolute Gasteiger partial charge is 0.356 e. The van der Waals surface area contributed by atoms with E-state index in [1.54, 1.807) is 20.0 Å². The maximum absolute atomic E-state index is 12.9. The van der Waals surface area contributed by atoms with E-state index in [1.165, 1.54) is 43.2 Å². The molecule has 1 aromatic rings. The van der Waals surface area contributed by atoms with Crippen LogP contribution in [0.15, 0.2) is 6.07 Å². The predicted octanol–water partition coefficient (Wildman–Crippen LogP) is 3.32. The van der Waals surface area contributed by atoms with Crippen LogP contribution in [-0.2, 0) is 11.8 Å². The Hall–Kier alpha value is -1.85. The second-order valence-corrected chi connectivity index (χ2v) is 8.97. The Labute approximate surface area is 161 Å². The van der Waals surface area contributed by atoms with Crippen molar-refractivity contribution >= 4 is 11.9 Å². The Balaban J connectivity index is 1.50. The van der Waals surface area contributed by atoms with Gasteiger partial charge in [-0.3, -0.25) is 9.48 Å². The van der Waals surface area contributed by atoms with Crippen molar-refractivity contribution in [3.63, 3.8) is 0 Å². The van der Waals surface area contributed by atoms with Crippen LogP contribution in [0.3, 0.4) is 0 Å². The molecule has 1 unspecified atom stereocenters. The summed E-state index contributed by atoms with van der Waals surface area (Å²) < 4.78 is 6.47. The van der Waals surface area contributed by atoms with Crippen molar-refractivity contribution < 1.29 is 14.3 Å². The standard InChI is InChI=1S/C21H31N3O3/c1-4-18(21-10-13-6-14(11-21)8-15(7-13)12-21)22-19(25)16-9-17(24(3)23-16)20(26)27-5-2/h9,13-15,18H,4-8,10-12H2,1-3H3,(H,22,25). The highest BCUT2D eigenvalue weighted by Crippen LogP contribution is 2.61. The van der Waals surface area contributed by atoms with E-state index < -0.39 is 5.97 Å². The van der Waals surface area contributed by atoms with Gasteiger partial charge in [-0.1, -0.05) is 6.92 Å². The van der Waals surface area contributed by atoms with Crippen molar-refractivity contribution in [3.8, 4) is 0 Å². The van der Waals surface area contributed by atoms with Crippen LogP contribution < -0.4 is 5.32 Å². The van der Waals surface area contributed by atoms with E-state index in [0.29, 0.717) is 18.0 Å². The summed E-state index contributed by atoms with van der Waals surface area (Å²) in [4.78, 5) is 24.9. The van der Waals surface area contributed by atoms with Crippen LogP contribution in [-0.4, -0.2) is 34.3 Å². The maximum atomic E-state index is 12.9. The van der Waals surface area contributed by atoms with Gasteiger partial charge in [-0.25, -0.2) is 4.79 Å². The SMILES string of the molecule is CCOC(=O)c1cc(C(=O)NC(CC)C23CC4CC(CC(C4)C2)C3)nn1C. The molecule has 1 N–H and O–H groups in total. The molecule has 4 saturated carbocycles. The zero-order chi connectivity index (χ0) is 19.2. The third-order valence-corrected chi connectivity index (χ3v) is 7.14. The molecule has 0 aromatic carbocycles. The third-order valence-electron chi connectivity index (χ3n) is 7.14. The average Bonchev–Trinajstić information content (AvgIpc) is 3.00. The van der Waals surface area contributed by atoms with Gasteiger partial charge in [0.25, 0.3) is 5.91 Å². The molecule has 1 amide bonds. The number of nitrogens with zero attached hydrogens (tertiary/aromatic N) is 2. The minimum Gasteiger partial charge on any atom is -0.461 e. The average molecular weight is 373 g/mol. The lowest BCUT2D eigenvalue weighted by molar-refractivity contribution is -0.0727. The number of carbonyl (C=O) groups excluding carboxylic acids is 2. The lowest BCUT2D eigenvalue weighted by Gasteiger charge is -2.59. The zero-order valence-electron chi connectivity index (χ0n) is 16.7. The number of amides is 1. The fraction of sp³-hybridized carbons (Fsp3) is 0.762. The van der Waals surface area contributed by atoms with Crippen molar-refractivity contribution in [3.05, 3.63) is 17.5 Å². The van der Waals surface area contributed by atoms with Gasteiger partial charge in [0, 0.05) is 19.2 Å². The van der Waals surface area contributed by atoms with Gasteiger partial charge >= 0.3 is 5.97 Å². The number of ether oxygens (including phenoxy) is 1. The number of rotatable bonds is 6. The van der Waals surface area contributed by atoms with Gasteiger partial charge in [0.05, 0.1) is 6.61 Å². The molecule has 6 heteroatoms. The van der Waals surface area contributed by atoms with Crippen LogP contribution in [0.1, 0.15) is 79.8 Å². The van der Waals surface area contributed by atoms with Crippen LogP contribution in [0.5, 0.6) is 0 Å². The van der Waals surface area contributed by atoms with Gasteiger partial charge in [-0.05, 0) is 75.0 Å². The van der Waals surface area contributed by atoms with Crippen LogP contribution in [0.2, 0.25) is 0 Å². The Morgan fingerprint density at radius 3 is 2.33 bits per heavy atom. The van der Waals surface area contributed by atoms with Crippen LogP contribution >= 0.6 is 0 Å². The van der Waals surface area contributed by atoms with Gasteiger partial charge < -0.3 is 10.1 Å². The highest BCUT2D eigenvalue weighted by Gasteiger charge is 2.54. The molecule has 4 fully saturated rings. The molecule has 4 aliphatic carbocycles. The lowest BCUT2D eigenvalue weighted by atomic mass is 9.47. The monoisotopic (exact) mass is 373 g/mol. The minimum atomic E-state index is -0.445. The molecule has 5 rings (SSSR count). The van der Waals surface area contributed by atoms with Crippen LogP contribution in [0.4, 0.5) is 0 Å². The first kappa shape index (κ1) is 18.5.